The van der Waals surface area contributed by atoms with Crippen molar-refractivity contribution >= 4 is 17.5 Å². The van der Waals surface area contributed by atoms with Gasteiger partial charge >= 0.3 is 0 Å². The van der Waals surface area contributed by atoms with Gasteiger partial charge in [-0.3, -0.25) is 4.90 Å². The molecule has 0 spiro atoms. The molecule has 6 heteroatoms. The number of anilines is 1. The fraction of sp³-hybridized carbons (Fsp3) is 0.357. The Bertz CT molecular complexity index is 594. The van der Waals surface area contributed by atoms with Crippen LogP contribution in [0.2, 0.25) is 5.02 Å². The third kappa shape index (κ3) is 2.95. The maximum atomic E-state index is 6.36. The van der Waals surface area contributed by atoms with Gasteiger partial charge in [-0.25, -0.2) is 0 Å². The van der Waals surface area contributed by atoms with E-state index in [9.17, 15) is 0 Å². The van der Waals surface area contributed by atoms with Gasteiger partial charge in [0.2, 0.25) is 5.88 Å². The lowest BCUT2D eigenvalue weighted by molar-refractivity contribution is 0.0342. The Morgan fingerprint density at radius 2 is 2.05 bits per heavy atom. The molecule has 2 heterocycles. The standard InChI is InChI=1S/C14H16ClN3O2/c15-12-7-10(13-8-14(16)20-17-13)1-2-11(12)9-18-3-5-19-6-4-18/h1-2,7-8H,3-6,9,16H2. The zero-order valence-corrected chi connectivity index (χ0v) is 11.8. The van der Waals surface area contributed by atoms with Crippen molar-refractivity contribution in [1.82, 2.24) is 10.1 Å². The van der Waals surface area contributed by atoms with Gasteiger partial charge in [0.25, 0.3) is 0 Å². The van der Waals surface area contributed by atoms with E-state index < -0.39 is 0 Å². The SMILES string of the molecule is Nc1cc(-c2ccc(CN3CCOCC3)c(Cl)c2)no1. The zero-order valence-electron chi connectivity index (χ0n) is 11.0. The first kappa shape index (κ1) is 13.4. The number of rotatable bonds is 3. The topological polar surface area (TPSA) is 64.5 Å². The summed E-state index contributed by atoms with van der Waals surface area (Å²) in [6, 6.07) is 7.60. The molecule has 5 nitrogen and oxygen atoms in total. The highest BCUT2D eigenvalue weighted by Gasteiger charge is 2.13. The number of nitrogens with two attached hydrogens (primary N) is 1. The minimum atomic E-state index is 0.300. The summed E-state index contributed by atoms with van der Waals surface area (Å²) in [5.41, 5.74) is 8.23. The lowest BCUT2D eigenvalue weighted by Gasteiger charge is -2.26. The van der Waals surface area contributed by atoms with Gasteiger partial charge in [-0.15, -0.1) is 0 Å². The Kier molecular flexibility index (Phi) is 3.91. The van der Waals surface area contributed by atoms with Crippen molar-refractivity contribution in [2.24, 2.45) is 0 Å². The lowest BCUT2D eigenvalue weighted by Crippen LogP contribution is -2.35. The van der Waals surface area contributed by atoms with Crippen LogP contribution in [0, 0.1) is 0 Å². The molecule has 0 amide bonds. The van der Waals surface area contributed by atoms with Crippen LogP contribution in [-0.4, -0.2) is 36.4 Å². The predicted octanol–water partition coefficient (Wildman–Crippen LogP) is 2.41. The number of hydrogen-bond acceptors (Lipinski definition) is 5. The first-order valence-corrected chi connectivity index (χ1v) is 6.91. The molecule has 1 aliphatic heterocycles. The van der Waals surface area contributed by atoms with Gasteiger partial charge in [-0.2, -0.15) is 0 Å². The Hall–Kier alpha value is -1.56. The molecule has 2 aromatic rings. The zero-order chi connectivity index (χ0) is 13.9. The number of halogens is 1. The van der Waals surface area contributed by atoms with Crippen LogP contribution in [0.15, 0.2) is 28.8 Å². The van der Waals surface area contributed by atoms with Crippen molar-refractivity contribution in [2.45, 2.75) is 6.54 Å². The van der Waals surface area contributed by atoms with E-state index in [1.807, 2.05) is 18.2 Å². The summed E-state index contributed by atoms with van der Waals surface area (Å²) in [6.45, 7) is 4.29. The molecule has 3 rings (SSSR count). The number of benzene rings is 1. The Morgan fingerprint density at radius 1 is 1.25 bits per heavy atom. The largest absolute Gasteiger partial charge is 0.379 e. The summed E-state index contributed by atoms with van der Waals surface area (Å²) in [4.78, 5) is 2.33. The number of morpholine rings is 1. The van der Waals surface area contributed by atoms with Gasteiger partial charge < -0.3 is 15.0 Å². The van der Waals surface area contributed by atoms with Gasteiger partial charge in [0.1, 0.15) is 5.69 Å². The van der Waals surface area contributed by atoms with Crippen LogP contribution in [0.3, 0.4) is 0 Å². The number of ether oxygens (including phenoxy) is 1. The summed E-state index contributed by atoms with van der Waals surface area (Å²) in [6.07, 6.45) is 0. The summed E-state index contributed by atoms with van der Waals surface area (Å²) >= 11 is 6.36. The molecule has 0 saturated carbocycles. The molecule has 1 saturated heterocycles. The van der Waals surface area contributed by atoms with Crippen LogP contribution < -0.4 is 5.73 Å². The highest BCUT2D eigenvalue weighted by molar-refractivity contribution is 6.31. The molecule has 106 valence electrons. The first-order chi connectivity index (χ1) is 9.72. The molecule has 0 radical (unpaired) electrons. The van der Waals surface area contributed by atoms with Crippen LogP contribution in [0.1, 0.15) is 5.56 Å². The van der Waals surface area contributed by atoms with E-state index in [0.29, 0.717) is 11.6 Å². The summed E-state index contributed by atoms with van der Waals surface area (Å²) in [5.74, 6) is 0.300. The smallest absolute Gasteiger partial charge is 0.222 e. The van der Waals surface area contributed by atoms with Crippen LogP contribution >= 0.6 is 11.6 Å². The molecule has 1 aromatic heterocycles. The number of nitrogen functional groups attached to an aromatic ring is 1. The Balaban J connectivity index is 1.76. The maximum absolute atomic E-state index is 6.36. The van der Waals surface area contributed by atoms with Crippen LogP contribution in [-0.2, 0) is 11.3 Å². The molecule has 0 bridgehead atoms. The number of aromatic nitrogens is 1. The summed E-state index contributed by atoms with van der Waals surface area (Å²) in [5, 5.41) is 4.62. The molecule has 0 aliphatic carbocycles. The normalized spacial score (nSPS) is 16.4. The maximum Gasteiger partial charge on any atom is 0.222 e. The Morgan fingerprint density at radius 3 is 2.70 bits per heavy atom. The van der Waals surface area contributed by atoms with E-state index >= 15 is 0 Å². The third-order valence-corrected chi connectivity index (χ3v) is 3.73. The number of hydrogen-bond donors (Lipinski definition) is 1. The quantitative estimate of drug-likeness (QED) is 0.941. The first-order valence-electron chi connectivity index (χ1n) is 6.53. The van der Waals surface area contributed by atoms with Gasteiger partial charge in [-0.05, 0) is 11.6 Å². The average molecular weight is 294 g/mol. The molecule has 1 aromatic carbocycles. The van der Waals surface area contributed by atoms with Gasteiger partial charge in [0, 0.05) is 36.3 Å². The van der Waals surface area contributed by atoms with Crippen molar-refractivity contribution in [3.63, 3.8) is 0 Å². The van der Waals surface area contributed by atoms with Crippen LogP contribution in [0.4, 0.5) is 5.88 Å². The second-order valence-corrected chi connectivity index (χ2v) is 5.22. The van der Waals surface area contributed by atoms with E-state index in [1.54, 1.807) is 6.07 Å². The highest BCUT2D eigenvalue weighted by Crippen LogP contribution is 2.27. The summed E-state index contributed by atoms with van der Waals surface area (Å²) in [7, 11) is 0. The van der Waals surface area contributed by atoms with Gasteiger partial charge in [0.15, 0.2) is 0 Å². The van der Waals surface area contributed by atoms with E-state index in [2.05, 4.69) is 10.1 Å². The highest BCUT2D eigenvalue weighted by atomic mass is 35.5. The van der Waals surface area contributed by atoms with Crippen molar-refractivity contribution in [1.29, 1.82) is 0 Å². The Labute approximate surface area is 122 Å². The van der Waals surface area contributed by atoms with Crippen molar-refractivity contribution in [3.8, 4) is 11.3 Å². The minimum Gasteiger partial charge on any atom is -0.379 e. The van der Waals surface area contributed by atoms with Crippen LogP contribution in [0.5, 0.6) is 0 Å². The monoisotopic (exact) mass is 293 g/mol. The van der Waals surface area contributed by atoms with Crippen LogP contribution in [0.25, 0.3) is 11.3 Å². The van der Waals surface area contributed by atoms with Crippen molar-refractivity contribution in [3.05, 3.63) is 34.9 Å². The van der Waals surface area contributed by atoms with Crippen molar-refractivity contribution < 1.29 is 9.26 Å². The fourth-order valence-electron chi connectivity index (χ4n) is 2.26. The van der Waals surface area contributed by atoms with E-state index in [4.69, 9.17) is 26.6 Å². The molecule has 20 heavy (non-hydrogen) atoms. The fourth-order valence-corrected chi connectivity index (χ4v) is 2.50. The average Bonchev–Trinajstić information content (AvgIpc) is 2.89. The second-order valence-electron chi connectivity index (χ2n) is 4.81. The molecule has 0 atom stereocenters. The van der Waals surface area contributed by atoms with E-state index in [0.717, 1.165) is 49.0 Å². The number of nitrogens with zero attached hydrogens (tertiary/aromatic N) is 2. The molecular weight excluding hydrogens is 278 g/mol. The van der Waals surface area contributed by atoms with Gasteiger partial charge in [0.05, 0.1) is 13.2 Å². The summed E-state index contributed by atoms with van der Waals surface area (Å²) < 4.78 is 10.2. The predicted molar refractivity (Wildman–Crippen MR) is 77.5 cm³/mol. The second kappa shape index (κ2) is 5.83. The third-order valence-electron chi connectivity index (χ3n) is 3.37. The van der Waals surface area contributed by atoms with Gasteiger partial charge in [-0.1, -0.05) is 28.9 Å². The molecule has 2 N–H and O–H groups in total. The minimum absolute atomic E-state index is 0.300. The van der Waals surface area contributed by atoms with E-state index in [-0.39, 0.29) is 0 Å². The van der Waals surface area contributed by atoms with Crippen molar-refractivity contribution in [2.75, 3.05) is 32.0 Å². The molecule has 1 fully saturated rings. The molecule has 0 unspecified atom stereocenters. The molecule has 1 aliphatic rings. The lowest BCUT2D eigenvalue weighted by atomic mass is 10.1. The molecular formula is C14H16ClN3O2. The van der Waals surface area contributed by atoms with E-state index in [1.165, 1.54) is 0 Å².